The van der Waals surface area contributed by atoms with Gasteiger partial charge >= 0.3 is 0 Å². The molecule has 5 fully saturated rings. The van der Waals surface area contributed by atoms with E-state index in [2.05, 4.69) is 67.5 Å². The Kier molecular flexibility index (Phi) is 10.6. The number of nitrogens with zero attached hydrogens (tertiary/aromatic N) is 6. The number of anilines is 4. The number of hydrogen-bond donors (Lipinski definition) is 2. The molecule has 0 bridgehead atoms. The Labute approximate surface area is 329 Å². The predicted molar refractivity (Wildman–Crippen MR) is 217 cm³/mol. The molecule has 1 spiro atoms. The SMILES string of the molecule is C[C@@H]1CC2(CCN(c3ccc(C(=O)N4CCC(N5CCN(c6cccc(NC7CCC(=O)NC7=O)c6)CC5)CC4)cc3)CC2)CN1c1ccc(C#N)c(Cl)c1. The average Bonchev–Trinajstić information content (AvgIpc) is 3.54. The number of rotatable bonds is 7. The van der Waals surface area contributed by atoms with E-state index in [-0.39, 0.29) is 23.1 Å². The summed E-state index contributed by atoms with van der Waals surface area (Å²) >= 11 is 6.38. The molecule has 11 nitrogen and oxygen atoms in total. The minimum absolute atomic E-state index is 0.126. The van der Waals surface area contributed by atoms with Crippen molar-refractivity contribution in [2.75, 3.05) is 78.9 Å². The molecule has 2 N–H and O–H groups in total. The summed E-state index contributed by atoms with van der Waals surface area (Å²) in [5.41, 5.74) is 5.86. The molecule has 5 heterocycles. The normalized spacial score (nSPS) is 23.5. The fourth-order valence-corrected chi connectivity index (χ4v) is 9.86. The third-order valence-corrected chi connectivity index (χ3v) is 13.2. The Bertz CT molecular complexity index is 1940. The summed E-state index contributed by atoms with van der Waals surface area (Å²) in [5.74, 6) is -0.341. The van der Waals surface area contributed by atoms with Crippen molar-refractivity contribution < 1.29 is 14.4 Å². The number of likely N-dealkylation sites (tertiary alicyclic amines) is 1. The van der Waals surface area contributed by atoms with Crippen LogP contribution in [0, 0.1) is 16.7 Å². The van der Waals surface area contributed by atoms with Crippen molar-refractivity contribution in [3.8, 4) is 6.07 Å². The number of hydrogen-bond acceptors (Lipinski definition) is 9. The highest BCUT2D eigenvalue weighted by atomic mass is 35.5. The number of imide groups is 1. The van der Waals surface area contributed by atoms with E-state index in [0.29, 0.717) is 35.5 Å². The first kappa shape index (κ1) is 37.1. The summed E-state index contributed by atoms with van der Waals surface area (Å²) in [5, 5.41) is 15.5. The number of benzene rings is 3. The van der Waals surface area contributed by atoms with Crippen LogP contribution in [0.4, 0.5) is 22.7 Å². The van der Waals surface area contributed by atoms with Gasteiger partial charge in [0.2, 0.25) is 11.8 Å². The molecule has 3 amide bonds. The van der Waals surface area contributed by atoms with Gasteiger partial charge in [-0.3, -0.25) is 24.6 Å². The van der Waals surface area contributed by atoms with Crippen LogP contribution in [0.25, 0.3) is 0 Å². The molecular weight excluding hydrogens is 712 g/mol. The molecule has 55 heavy (non-hydrogen) atoms. The van der Waals surface area contributed by atoms with Gasteiger partial charge in [-0.2, -0.15) is 5.26 Å². The van der Waals surface area contributed by atoms with Gasteiger partial charge in [-0.15, -0.1) is 0 Å². The topological polar surface area (TPSA) is 115 Å². The molecule has 0 radical (unpaired) electrons. The van der Waals surface area contributed by atoms with Crippen molar-refractivity contribution in [3.05, 3.63) is 82.9 Å². The highest BCUT2D eigenvalue weighted by Gasteiger charge is 2.44. The first-order valence-corrected chi connectivity index (χ1v) is 20.3. The van der Waals surface area contributed by atoms with E-state index in [1.165, 1.54) is 5.69 Å². The van der Waals surface area contributed by atoms with E-state index in [1.807, 2.05) is 47.4 Å². The van der Waals surface area contributed by atoms with Gasteiger partial charge in [0.05, 0.1) is 10.6 Å². The van der Waals surface area contributed by atoms with Crippen LogP contribution in [0.5, 0.6) is 0 Å². The second-order valence-electron chi connectivity index (χ2n) is 16.2. The molecule has 8 rings (SSSR count). The van der Waals surface area contributed by atoms with Crippen LogP contribution >= 0.6 is 11.6 Å². The number of halogens is 1. The number of nitriles is 1. The molecule has 288 valence electrons. The Morgan fingerprint density at radius 3 is 2.25 bits per heavy atom. The lowest BCUT2D eigenvalue weighted by Gasteiger charge is -2.43. The Balaban J connectivity index is 0.781. The zero-order chi connectivity index (χ0) is 38.1. The first-order valence-electron chi connectivity index (χ1n) is 20.0. The quantitative estimate of drug-likeness (QED) is 0.291. The number of amides is 3. The predicted octanol–water partition coefficient (Wildman–Crippen LogP) is 5.74. The van der Waals surface area contributed by atoms with Crippen LogP contribution in [0.3, 0.4) is 0 Å². The van der Waals surface area contributed by atoms with Crippen LogP contribution in [-0.2, 0) is 9.59 Å². The molecular formula is C43H51ClN8O3. The van der Waals surface area contributed by atoms with E-state index in [1.54, 1.807) is 0 Å². The lowest BCUT2D eigenvalue weighted by molar-refractivity contribution is -0.133. The van der Waals surface area contributed by atoms with Gasteiger partial charge in [0.25, 0.3) is 5.91 Å². The summed E-state index contributed by atoms with van der Waals surface area (Å²) in [7, 11) is 0. The summed E-state index contributed by atoms with van der Waals surface area (Å²) in [6, 6.07) is 24.9. The fraction of sp³-hybridized carbons (Fsp3) is 0.488. The number of piperazine rings is 1. The minimum atomic E-state index is -0.395. The highest BCUT2D eigenvalue weighted by Crippen LogP contribution is 2.46. The summed E-state index contributed by atoms with van der Waals surface area (Å²) in [4.78, 5) is 49.3. The fourth-order valence-electron chi connectivity index (χ4n) is 9.64. The van der Waals surface area contributed by atoms with Crippen molar-refractivity contribution in [2.24, 2.45) is 5.41 Å². The third kappa shape index (κ3) is 7.98. The molecule has 5 aliphatic rings. The Morgan fingerprint density at radius 1 is 0.855 bits per heavy atom. The molecule has 0 aliphatic carbocycles. The van der Waals surface area contributed by atoms with Crippen molar-refractivity contribution in [2.45, 2.75) is 70.0 Å². The molecule has 5 aliphatic heterocycles. The van der Waals surface area contributed by atoms with Crippen molar-refractivity contribution in [1.29, 1.82) is 5.26 Å². The first-order chi connectivity index (χ1) is 26.7. The van der Waals surface area contributed by atoms with Gasteiger partial charge in [-0.1, -0.05) is 17.7 Å². The largest absolute Gasteiger partial charge is 0.374 e. The van der Waals surface area contributed by atoms with Gasteiger partial charge in [0, 0.05) is 106 Å². The number of piperidine rings is 3. The molecule has 0 aromatic heterocycles. The smallest absolute Gasteiger partial charge is 0.253 e. The van der Waals surface area contributed by atoms with Crippen molar-refractivity contribution >= 4 is 52.1 Å². The Hall–Kier alpha value is -4.79. The number of carbonyl (C=O) groups excluding carboxylic acids is 3. The maximum Gasteiger partial charge on any atom is 0.253 e. The van der Waals surface area contributed by atoms with Crippen LogP contribution < -0.4 is 25.3 Å². The standard InChI is InChI=1S/C43H51ClN8O3/c1-30-27-43(29-52(30)37-10-7-32(28-45)38(44)26-37)15-19-48(20-16-43)34-8-5-31(6-9-34)42(55)51-17-13-35(14-18-51)49-21-23-50(24-22-49)36-4-2-3-33(25-36)46-39-11-12-40(53)47-41(39)54/h2-10,25-26,30,35,39,46H,11-24,27,29H2,1H3,(H,47,53,54)/t30-,39?/m1/s1. The summed E-state index contributed by atoms with van der Waals surface area (Å²) < 4.78 is 0. The monoisotopic (exact) mass is 762 g/mol. The second kappa shape index (κ2) is 15.8. The number of nitrogens with one attached hydrogen (secondary N) is 2. The van der Waals surface area contributed by atoms with E-state index >= 15 is 0 Å². The van der Waals surface area contributed by atoms with Gasteiger partial charge in [0.15, 0.2) is 0 Å². The second-order valence-corrected chi connectivity index (χ2v) is 16.6. The highest BCUT2D eigenvalue weighted by molar-refractivity contribution is 6.32. The van der Waals surface area contributed by atoms with Gasteiger partial charge in [-0.05, 0) is 112 Å². The molecule has 5 saturated heterocycles. The number of carbonyl (C=O) groups is 3. The maximum atomic E-state index is 13.6. The zero-order valence-corrected chi connectivity index (χ0v) is 32.4. The van der Waals surface area contributed by atoms with E-state index in [0.717, 1.165) is 114 Å². The van der Waals surface area contributed by atoms with Crippen molar-refractivity contribution in [3.63, 3.8) is 0 Å². The molecule has 0 saturated carbocycles. The third-order valence-electron chi connectivity index (χ3n) is 12.8. The lowest BCUT2D eigenvalue weighted by atomic mass is 9.76. The van der Waals surface area contributed by atoms with Gasteiger partial charge in [-0.25, -0.2) is 0 Å². The van der Waals surface area contributed by atoms with E-state index in [4.69, 9.17) is 11.6 Å². The van der Waals surface area contributed by atoms with E-state index in [9.17, 15) is 19.6 Å². The van der Waals surface area contributed by atoms with Crippen LogP contribution in [0.2, 0.25) is 5.02 Å². The minimum Gasteiger partial charge on any atom is -0.374 e. The molecule has 12 heteroatoms. The van der Waals surface area contributed by atoms with Gasteiger partial charge in [0.1, 0.15) is 12.1 Å². The molecule has 1 unspecified atom stereocenters. The van der Waals surface area contributed by atoms with E-state index < -0.39 is 6.04 Å². The summed E-state index contributed by atoms with van der Waals surface area (Å²) in [6.45, 7) is 10.7. The zero-order valence-electron chi connectivity index (χ0n) is 31.7. The Morgan fingerprint density at radius 2 is 1.56 bits per heavy atom. The summed E-state index contributed by atoms with van der Waals surface area (Å²) in [6.07, 6.45) is 6.23. The maximum absolute atomic E-state index is 13.6. The molecule has 3 aromatic rings. The average molecular weight is 763 g/mol. The van der Waals surface area contributed by atoms with Gasteiger partial charge < -0.3 is 24.9 Å². The van der Waals surface area contributed by atoms with Crippen LogP contribution in [0.1, 0.15) is 67.8 Å². The molecule has 2 atom stereocenters. The lowest BCUT2D eigenvalue weighted by Crippen LogP contribution is -2.53. The van der Waals surface area contributed by atoms with Crippen LogP contribution in [-0.4, -0.2) is 105 Å². The van der Waals surface area contributed by atoms with Crippen LogP contribution in [0.15, 0.2) is 66.7 Å². The molecule has 3 aromatic carbocycles. The van der Waals surface area contributed by atoms with Crippen molar-refractivity contribution in [1.82, 2.24) is 15.1 Å².